The van der Waals surface area contributed by atoms with Gasteiger partial charge in [0.25, 0.3) is 0 Å². The quantitative estimate of drug-likeness (QED) is 0.789. The fraction of sp³-hybridized carbons (Fsp3) is 0.692. The Balaban J connectivity index is 2.48. The third-order valence-electron chi connectivity index (χ3n) is 3.97. The van der Waals surface area contributed by atoms with E-state index in [4.69, 9.17) is 5.26 Å². The molecule has 0 spiro atoms. The molecule has 1 saturated carbocycles. The normalized spacial score (nSPS) is 16.8. The lowest BCUT2D eigenvalue weighted by Gasteiger charge is -2.25. The minimum absolute atomic E-state index is 0.0568. The number of nitriles is 1. The molecule has 0 aromatic carbocycles. The van der Waals surface area contributed by atoms with Crippen LogP contribution in [0.3, 0.4) is 0 Å². The second-order valence-corrected chi connectivity index (χ2v) is 7.10. The Morgan fingerprint density at radius 3 is 2.45 bits per heavy atom. The second-order valence-electron chi connectivity index (χ2n) is 5.27. The fourth-order valence-corrected chi connectivity index (χ4v) is 4.90. The van der Waals surface area contributed by atoms with Crippen molar-refractivity contribution in [3.05, 3.63) is 11.4 Å². The van der Waals surface area contributed by atoms with Gasteiger partial charge in [0.15, 0.2) is 0 Å². The van der Waals surface area contributed by atoms with Gasteiger partial charge >= 0.3 is 0 Å². The topological polar surface area (TPSA) is 79.0 Å². The molecule has 0 amide bonds. The molecule has 0 N–H and O–H groups in total. The van der Waals surface area contributed by atoms with E-state index in [0.717, 1.165) is 25.7 Å². The van der Waals surface area contributed by atoms with Crippen molar-refractivity contribution >= 4 is 10.0 Å². The molecule has 0 unspecified atom stereocenters. The van der Waals surface area contributed by atoms with E-state index in [-0.39, 0.29) is 17.5 Å². The molecule has 1 aromatic rings. The van der Waals surface area contributed by atoms with E-state index >= 15 is 0 Å². The van der Waals surface area contributed by atoms with Crippen LogP contribution in [0.25, 0.3) is 0 Å². The first-order chi connectivity index (χ1) is 9.39. The Morgan fingerprint density at radius 1 is 1.40 bits per heavy atom. The molecular weight excluding hydrogens is 276 g/mol. The third-order valence-corrected chi connectivity index (χ3v) is 6.12. The first-order valence-electron chi connectivity index (χ1n) is 6.78. The number of nitrogens with zero attached hydrogens (tertiary/aromatic N) is 4. The summed E-state index contributed by atoms with van der Waals surface area (Å²) in [5.41, 5.74) is 1.11. The van der Waals surface area contributed by atoms with Gasteiger partial charge in [0.05, 0.1) is 17.5 Å². The monoisotopic (exact) mass is 296 g/mol. The highest BCUT2D eigenvalue weighted by Crippen LogP contribution is 2.30. The van der Waals surface area contributed by atoms with E-state index in [1.165, 1.54) is 4.31 Å². The van der Waals surface area contributed by atoms with Gasteiger partial charge in [0.2, 0.25) is 10.0 Å². The van der Waals surface area contributed by atoms with Crippen LogP contribution in [0.1, 0.15) is 37.1 Å². The summed E-state index contributed by atoms with van der Waals surface area (Å²) in [5.74, 6) is 0. The molecule has 0 atom stereocenters. The maximum absolute atomic E-state index is 12.9. The number of aryl methyl sites for hydroxylation is 2. The zero-order valence-electron chi connectivity index (χ0n) is 12.1. The Labute approximate surface area is 120 Å². The number of hydrogen-bond acceptors (Lipinski definition) is 4. The van der Waals surface area contributed by atoms with Gasteiger partial charge in [-0.15, -0.1) is 0 Å². The SMILES string of the molecule is Cc1nn(C)c(C)c1S(=O)(=O)N(CC#N)C1CCCC1. The molecule has 1 aliphatic carbocycles. The van der Waals surface area contributed by atoms with Crippen LogP contribution >= 0.6 is 0 Å². The van der Waals surface area contributed by atoms with Crippen molar-refractivity contribution in [3.63, 3.8) is 0 Å². The highest BCUT2D eigenvalue weighted by atomic mass is 32.2. The Bertz CT molecular complexity index is 636. The van der Waals surface area contributed by atoms with Crippen LogP contribution in [0.4, 0.5) is 0 Å². The van der Waals surface area contributed by atoms with Gasteiger partial charge in [0, 0.05) is 13.1 Å². The molecule has 1 fully saturated rings. The van der Waals surface area contributed by atoms with Crippen molar-refractivity contribution in [2.75, 3.05) is 6.54 Å². The standard InChI is InChI=1S/C13H20N4O2S/c1-10-13(11(2)16(3)15-10)20(18,19)17(9-8-14)12-6-4-5-7-12/h12H,4-7,9H2,1-3H3. The molecule has 7 heteroatoms. The Morgan fingerprint density at radius 2 is 2.00 bits per heavy atom. The summed E-state index contributed by atoms with van der Waals surface area (Å²) in [7, 11) is -1.93. The van der Waals surface area contributed by atoms with Crippen molar-refractivity contribution in [1.29, 1.82) is 5.26 Å². The first-order valence-corrected chi connectivity index (χ1v) is 8.22. The van der Waals surface area contributed by atoms with Crippen LogP contribution in [0.5, 0.6) is 0 Å². The average molecular weight is 296 g/mol. The molecule has 110 valence electrons. The lowest BCUT2D eigenvalue weighted by Crippen LogP contribution is -2.39. The van der Waals surface area contributed by atoms with Gasteiger partial charge in [-0.25, -0.2) is 8.42 Å². The lowest BCUT2D eigenvalue weighted by atomic mass is 10.2. The molecule has 0 bridgehead atoms. The van der Waals surface area contributed by atoms with Crippen LogP contribution in [-0.2, 0) is 17.1 Å². The summed E-state index contributed by atoms with van der Waals surface area (Å²) in [6.07, 6.45) is 3.71. The van der Waals surface area contributed by atoms with E-state index in [2.05, 4.69) is 5.10 Å². The van der Waals surface area contributed by atoms with Gasteiger partial charge in [-0.2, -0.15) is 14.7 Å². The molecule has 0 saturated heterocycles. The van der Waals surface area contributed by atoms with E-state index in [9.17, 15) is 8.42 Å². The van der Waals surface area contributed by atoms with Crippen LogP contribution in [-0.4, -0.2) is 35.1 Å². The van der Waals surface area contributed by atoms with Gasteiger partial charge in [-0.3, -0.25) is 4.68 Å². The van der Waals surface area contributed by atoms with E-state index in [1.54, 1.807) is 25.6 Å². The van der Waals surface area contributed by atoms with Gasteiger partial charge in [-0.1, -0.05) is 12.8 Å². The molecule has 20 heavy (non-hydrogen) atoms. The summed E-state index contributed by atoms with van der Waals surface area (Å²) in [6, 6.07) is 1.93. The minimum atomic E-state index is -3.66. The van der Waals surface area contributed by atoms with Crippen LogP contribution < -0.4 is 0 Å². The predicted molar refractivity (Wildman–Crippen MR) is 74.4 cm³/mol. The summed E-state index contributed by atoms with van der Waals surface area (Å²) >= 11 is 0. The minimum Gasteiger partial charge on any atom is -0.271 e. The average Bonchev–Trinajstić information content (AvgIpc) is 2.96. The largest absolute Gasteiger partial charge is 0.271 e. The van der Waals surface area contributed by atoms with Gasteiger partial charge in [0.1, 0.15) is 11.4 Å². The highest BCUT2D eigenvalue weighted by Gasteiger charge is 2.36. The van der Waals surface area contributed by atoms with Crippen LogP contribution in [0.2, 0.25) is 0 Å². The number of sulfonamides is 1. The zero-order valence-corrected chi connectivity index (χ0v) is 12.9. The van der Waals surface area contributed by atoms with Crippen molar-refractivity contribution in [2.24, 2.45) is 7.05 Å². The van der Waals surface area contributed by atoms with Gasteiger partial charge < -0.3 is 0 Å². The molecule has 2 rings (SSSR count). The summed E-state index contributed by atoms with van der Waals surface area (Å²) in [5, 5.41) is 13.1. The summed E-state index contributed by atoms with van der Waals surface area (Å²) in [4.78, 5) is 0.252. The number of hydrogen-bond donors (Lipinski definition) is 0. The first kappa shape index (κ1) is 15.0. The molecule has 1 aliphatic rings. The van der Waals surface area contributed by atoms with E-state index in [0.29, 0.717) is 11.4 Å². The molecule has 0 aliphatic heterocycles. The van der Waals surface area contributed by atoms with E-state index in [1.807, 2.05) is 6.07 Å². The third kappa shape index (κ3) is 2.45. The van der Waals surface area contributed by atoms with E-state index < -0.39 is 10.0 Å². The Hall–Kier alpha value is -1.39. The zero-order chi connectivity index (χ0) is 14.9. The molecule has 6 nitrogen and oxygen atoms in total. The lowest BCUT2D eigenvalue weighted by molar-refractivity contribution is 0.350. The number of rotatable bonds is 4. The number of aromatic nitrogens is 2. The fourth-order valence-electron chi connectivity index (χ4n) is 2.92. The smallest absolute Gasteiger partial charge is 0.247 e. The summed E-state index contributed by atoms with van der Waals surface area (Å²) < 4.78 is 28.7. The highest BCUT2D eigenvalue weighted by molar-refractivity contribution is 7.89. The summed E-state index contributed by atoms with van der Waals surface area (Å²) in [6.45, 7) is 3.34. The van der Waals surface area contributed by atoms with Gasteiger partial charge in [-0.05, 0) is 26.7 Å². The maximum atomic E-state index is 12.9. The molecule has 1 heterocycles. The van der Waals surface area contributed by atoms with Crippen molar-refractivity contribution in [3.8, 4) is 6.07 Å². The molecule has 0 radical (unpaired) electrons. The Kier molecular flexibility index (Phi) is 4.16. The molecule has 1 aromatic heterocycles. The van der Waals surface area contributed by atoms with Crippen LogP contribution in [0.15, 0.2) is 4.90 Å². The van der Waals surface area contributed by atoms with Crippen molar-refractivity contribution in [2.45, 2.75) is 50.5 Å². The second kappa shape index (κ2) is 5.54. The van der Waals surface area contributed by atoms with Crippen LogP contribution in [0, 0.1) is 25.2 Å². The van der Waals surface area contributed by atoms with Crippen molar-refractivity contribution < 1.29 is 8.42 Å². The molecular formula is C13H20N4O2S. The maximum Gasteiger partial charge on any atom is 0.247 e. The van der Waals surface area contributed by atoms with Crippen molar-refractivity contribution in [1.82, 2.24) is 14.1 Å². The predicted octanol–water partition coefficient (Wildman–Crippen LogP) is 1.49.